The molecule has 2 aromatic heterocycles. The Kier molecular flexibility index (Phi) is 2.71. The smallest absolute Gasteiger partial charge is 0.215 e. The Morgan fingerprint density at radius 2 is 2.12 bits per heavy atom. The van der Waals surface area contributed by atoms with E-state index in [1.165, 1.54) is 25.7 Å². The summed E-state index contributed by atoms with van der Waals surface area (Å²) in [6.07, 6.45) is 6.48. The highest BCUT2D eigenvalue weighted by molar-refractivity contribution is 5.71. The quantitative estimate of drug-likeness (QED) is 0.883. The summed E-state index contributed by atoms with van der Waals surface area (Å²) in [6, 6.07) is 3.84. The minimum absolute atomic E-state index is 0.622. The van der Waals surface area contributed by atoms with Crippen LogP contribution in [0.15, 0.2) is 12.1 Å². The summed E-state index contributed by atoms with van der Waals surface area (Å²) in [7, 11) is 1.63. The Balaban J connectivity index is 1.85. The Labute approximate surface area is 100 Å². The summed E-state index contributed by atoms with van der Waals surface area (Å²) in [5, 5.41) is 0. The molecule has 1 fully saturated rings. The fourth-order valence-electron chi connectivity index (χ4n) is 2.62. The summed E-state index contributed by atoms with van der Waals surface area (Å²) >= 11 is 0. The minimum Gasteiger partial charge on any atom is -0.481 e. The maximum Gasteiger partial charge on any atom is 0.215 e. The Hall–Kier alpha value is -1.58. The van der Waals surface area contributed by atoms with Crippen LogP contribution >= 0.6 is 0 Å². The Bertz CT molecular complexity index is 514. The standard InChI is InChI=1S/C13H17N3O/c1-17-12-7-6-10-13(16-12)15-11(14-10)8-9-4-2-3-5-9/h6-7,9H,2-5,8H2,1H3,(H,14,15,16). The number of aromatic nitrogens is 3. The SMILES string of the molecule is COc1ccc2[nH]c(CC3CCCC3)nc2n1. The lowest BCUT2D eigenvalue weighted by Gasteiger charge is -2.04. The molecule has 1 N–H and O–H groups in total. The van der Waals surface area contributed by atoms with Crippen molar-refractivity contribution in [2.45, 2.75) is 32.1 Å². The van der Waals surface area contributed by atoms with Crippen molar-refractivity contribution < 1.29 is 4.74 Å². The summed E-state index contributed by atoms with van der Waals surface area (Å²) < 4.78 is 5.10. The van der Waals surface area contributed by atoms with Gasteiger partial charge in [-0.05, 0) is 12.0 Å². The highest BCUT2D eigenvalue weighted by Crippen LogP contribution is 2.27. The second kappa shape index (κ2) is 4.35. The summed E-state index contributed by atoms with van der Waals surface area (Å²) in [4.78, 5) is 12.2. The molecule has 0 atom stereocenters. The second-order valence-electron chi connectivity index (χ2n) is 4.76. The number of ether oxygens (including phenoxy) is 1. The Morgan fingerprint density at radius 1 is 1.29 bits per heavy atom. The second-order valence-corrected chi connectivity index (χ2v) is 4.76. The highest BCUT2D eigenvalue weighted by Gasteiger charge is 2.17. The number of hydrogen-bond donors (Lipinski definition) is 1. The molecular formula is C13H17N3O. The van der Waals surface area contributed by atoms with Gasteiger partial charge in [0.2, 0.25) is 5.88 Å². The lowest BCUT2D eigenvalue weighted by atomic mass is 10.0. The van der Waals surface area contributed by atoms with Gasteiger partial charge in [-0.1, -0.05) is 25.7 Å². The van der Waals surface area contributed by atoms with E-state index < -0.39 is 0 Å². The van der Waals surface area contributed by atoms with Crippen molar-refractivity contribution >= 4 is 11.2 Å². The topological polar surface area (TPSA) is 50.8 Å². The van der Waals surface area contributed by atoms with Crippen LogP contribution < -0.4 is 4.74 Å². The first kappa shape index (κ1) is 10.6. The zero-order valence-electron chi connectivity index (χ0n) is 10.1. The first-order valence-corrected chi connectivity index (χ1v) is 6.25. The largest absolute Gasteiger partial charge is 0.481 e. The minimum atomic E-state index is 0.622. The van der Waals surface area contributed by atoms with Gasteiger partial charge in [0.05, 0.1) is 12.6 Å². The van der Waals surface area contributed by atoms with E-state index >= 15 is 0 Å². The molecule has 1 aliphatic rings. The molecule has 1 aliphatic carbocycles. The van der Waals surface area contributed by atoms with Gasteiger partial charge in [-0.25, -0.2) is 4.98 Å². The van der Waals surface area contributed by atoms with E-state index in [-0.39, 0.29) is 0 Å². The van der Waals surface area contributed by atoms with E-state index in [0.717, 1.165) is 29.3 Å². The van der Waals surface area contributed by atoms with Crippen molar-refractivity contribution in [3.63, 3.8) is 0 Å². The van der Waals surface area contributed by atoms with Gasteiger partial charge in [0.15, 0.2) is 5.65 Å². The molecule has 0 aliphatic heterocycles. The number of rotatable bonds is 3. The van der Waals surface area contributed by atoms with Gasteiger partial charge in [-0.3, -0.25) is 0 Å². The van der Waals surface area contributed by atoms with Crippen LogP contribution in [0, 0.1) is 5.92 Å². The Morgan fingerprint density at radius 3 is 2.88 bits per heavy atom. The number of nitrogens with one attached hydrogen (secondary N) is 1. The molecule has 2 heterocycles. The normalized spacial score (nSPS) is 16.8. The average Bonchev–Trinajstić information content (AvgIpc) is 2.96. The maximum atomic E-state index is 5.10. The molecule has 90 valence electrons. The van der Waals surface area contributed by atoms with Gasteiger partial charge < -0.3 is 9.72 Å². The fraction of sp³-hybridized carbons (Fsp3) is 0.538. The van der Waals surface area contributed by atoms with Crippen LogP contribution in [-0.2, 0) is 6.42 Å². The van der Waals surface area contributed by atoms with Crippen LogP contribution in [0.25, 0.3) is 11.2 Å². The maximum absolute atomic E-state index is 5.10. The number of hydrogen-bond acceptors (Lipinski definition) is 3. The number of fused-ring (bicyclic) bond motifs is 1. The monoisotopic (exact) mass is 231 g/mol. The van der Waals surface area contributed by atoms with Gasteiger partial charge in [0.1, 0.15) is 5.82 Å². The number of imidazole rings is 1. The van der Waals surface area contributed by atoms with Crippen LogP contribution in [0.1, 0.15) is 31.5 Å². The lowest BCUT2D eigenvalue weighted by Crippen LogP contribution is -2.00. The molecule has 0 bridgehead atoms. The van der Waals surface area contributed by atoms with Gasteiger partial charge in [-0.2, -0.15) is 4.98 Å². The number of pyridine rings is 1. The van der Waals surface area contributed by atoms with Crippen LogP contribution in [-0.4, -0.2) is 22.1 Å². The van der Waals surface area contributed by atoms with Crippen LogP contribution in [0.4, 0.5) is 0 Å². The number of aromatic amines is 1. The predicted octanol–water partition coefficient (Wildman–Crippen LogP) is 2.70. The molecule has 0 spiro atoms. The van der Waals surface area contributed by atoms with E-state index in [4.69, 9.17) is 4.74 Å². The summed E-state index contributed by atoms with van der Waals surface area (Å²) in [5.74, 6) is 2.49. The molecule has 0 saturated heterocycles. The highest BCUT2D eigenvalue weighted by atomic mass is 16.5. The number of nitrogens with zero attached hydrogens (tertiary/aromatic N) is 2. The van der Waals surface area contributed by atoms with E-state index in [1.54, 1.807) is 7.11 Å². The van der Waals surface area contributed by atoms with Crippen molar-refractivity contribution in [2.24, 2.45) is 5.92 Å². The summed E-state index contributed by atoms with van der Waals surface area (Å²) in [5.41, 5.74) is 1.76. The van der Waals surface area contributed by atoms with Crippen molar-refractivity contribution in [3.8, 4) is 5.88 Å². The molecule has 17 heavy (non-hydrogen) atoms. The molecule has 0 unspecified atom stereocenters. The molecule has 1 saturated carbocycles. The molecule has 4 nitrogen and oxygen atoms in total. The third-order valence-electron chi connectivity index (χ3n) is 3.54. The molecular weight excluding hydrogens is 214 g/mol. The van der Waals surface area contributed by atoms with Gasteiger partial charge >= 0.3 is 0 Å². The van der Waals surface area contributed by atoms with Crippen LogP contribution in [0.3, 0.4) is 0 Å². The van der Waals surface area contributed by atoms with Crippen molar-refractivity contribution in [1.29, 1.82) is 0 Å². The number of H-pyrrole nitrogens is 1. The molecule has 0 aromatic carbocycles. The zero-order valence-corrected chi connectivity index (χ0v) is 10.1. The van der Waals surface area contributed by atoms with Crippen molar-refractivity contribution in [3.05, 3.63) is 18.0 Å². The van der Waals surface area contributed by atoms with Gasteiger partial charge in [0, 0.05) is 12.5 Å². The van der Waals surface area contributed by atoms with Gasteiger partial charge in [-0.15, -0.1) is 0 Å². The first-order valence-electron chi connectivity index (χ1n) is 6.25. The third kappa shape index (κ3) is 2.12. The fourth-order valence-corrected chi connectivity index (χ4v) is 2.62. The van der Waals surface area contributed by atoms with Crippen LogP contribution in [0.2, 0.25) is 0 Å². The summed E-state index contributed by atoms with van der Waals surface area (Å²) in [6.45, 7) is 0. The van der Waals surface area contributed by atoms with E-state index in [0.29, 0.717) is 5.88 Å². The lowest BCUT2D eigenvalue weighted by molar-refractivity contribution is 0.399. The number of methoxy groups -OCH3 is 1. The van der Waals surface area contributed by atoms with E-state index in [2.05, 4.69) is 15.0 Å². The van der Waals surface area contributed by atoms with E-state index in [9.17, 15) is 0 Å². The van der Waals surface area contributed by atoms with Crippen molar-refractivity contribution in [1.82, 2.24) is 15.0 Å². The molecule has 4 heteroatoms. The molecule has 0 radical (unpaired) electrons. The average molecular weight is 231 g/mol. The molecule has 3 rings (SSSR count). The predicted molar refractivity (Wildman–Crippen MR) is 66.1 cm³/mol. The molecule has 0 amide bonds. The van der Waals surface area contributed by atoms with Gasteiger partial charge in [0.25, 0.3) is 0 Å². The zero-order chi connectivity index (χ0) is 11.7. The third-order valence-corrected chi connectivity index (χ3v) is 3.54. The van der Waals surface area contributed by atoms with Crippen molar-refractivity contribution in [2.75, 3.05) is 7.11 Å². The first-order chi connectivity index (χ1) is 8.35. The molecule has 2 aromatic rings. The van der Waals surface area contributed by atoms with E-state index in [1.807, 2.05) is 12.1 Å². The van der Waals surface area contributed by atoms with Crippen LogP contribution in [0.5, 0.6) is 5.88 Å².